The Kier molecular flexibility index (Phi) is 4.57. The molecule has 0 aliphatic carbocycles. The predicted octanol–water partition coefficient (Wildman–Crippen LogP) is 0.944. The van der Waals surface area contributed by atoms with Crippen LogP contribution in [-0.4, -0.2) is 28.4 Å². The number of rotatable bonds is 6. The van der Waals surface area contributed by atoms with Crippen LogP contribution < -0.4 is 15.8 Å². The van der Waals surface area contributed by atoms with Crippen LogP contribution in [0.2, 0.25) is 0 Å². The highest BCUT2D eigenvalue weighted by Gasteiger charge is 2.09. The van der Waals surface area contributed by atoms with Crippen LogP contribution in [0.15, 0.2) is 24.5 Å². The second kappa shape index (κ2) is 6.38. The van der Waals surface area contributed by atoms with Crippen molar-refractivity contribution in [3.05, 3.63) is 30.2 Å². The summed E-state index contributed by atoms with van der Waals surface area (Å²) >= 11 is 0. The van der Waals surface area contributed by atoms with Crippen molar-refractivity contribution in [2.45, 2.75) is 20.4 Å². The van der Waals surface area contributed by atoms with E-state index in [2.05, 4.69) is 10.3 Å². The van der Waals surface area contributed by atoms with Gasteiger partial charge in [-0.2, -0.15) is 0 Å². The number of nitrogens with two attached hydrogens (primary N) is 1. The molecule has 2 heterocycles. The first-order valence-electron chi connectivity index (χ1n) is 6.66. The Morgan fingerprint density at radius 3 is 3.05 bits per heavy atom. The molecule has 0 bridgehead atoms. The maximum atomic E-state index is 11.6. The summed E-state index contributed by atoms with van der Waals surface area (Å²) in [7, 11) is 0. The normalized spacial score (nSPS) is 11.0. The highest BCUT2D eigenvalue weighted by molar-refractivity contribution is 5.77. The van der Waals surface area contributed by atoms with Gasteiger partial charge in [-0.25, -0.2) is 4.98 Å². The van der Waals surface area contributed by atoms with Gasteiger partial charge in [0, 0.05) is 19.3 Å². The Balaban J connectivity index is 2.03. The van der Waals surface area contributed by atoms with Gasteiger partial charge < -0.3 is 15.8 Å². The molecule has 3 N–H and O–H groups in total. The van der Waals surface area contributed by atoms with Crippen molar-refractivity contribution in [3.63, 3.8) is 0 Å². The second-order valence-corrected chi connectivity index (χ2v) is 5.01. The van der Waals surface area contributed by atoms with E-state index in [1.807, 2.05) is 30.5 Å². The van der Waals surface area contributed by atoms with Crippen molar-refractivity contribution in [2.24, 2.45) is 11.7 Å². The minimum absolute atomic E-state index is 0.0167. The van der Waals surface area contributed by atoms with Crippen LogP contribution in [0.4, 0.5) is 0 Å². The third kappa shape index (κ3) is 3.27. The lowest BCUT2D eigenvalue weighted by Crippen LogP contribution is -2.31. The Bertz CT molecular complexity index is 592. The zero-order valence-electron chi connectivity index (χ0n) is 11.8. The van der Waals surface area contributed by atoms with E-state index in [1.165, 1.54) is 0 Å². The molecule has 6 heteroatoms. The molecule has 0 atom stereocenters. The van der Waals surface area contributed by atoms with Crippen LogP contribution in [0.1, 0.15) is 19.5 Å². The minimum Gasteiger partial charge on any atom is -0.480 e. The number of amides is 1. The Labute approximate surface area is 117 Å². The zero-order valence-corrected chi connectivity index (χ0v) is 11.8. The van der Waals surface area contributed by atoms with E-state index < -0.39 is 0 Å². The molecule has 0 unspecified atom stereocenters. The van der Waals surface area contributed by atoms with E-state index in [-0.39, 0.29) is 12.5 Å². The van der Waals surface area contributed by atoms with Crippen LogP contribution in [0.3, 0.4) is 0 Å². The van der Waals surface area contributed by atoms with Gasteiger partial charge in [0.25, 0.3) is 5.91 Å². The lowest BCUT2D eigenvalue weighted by Gasteiger charge is -2.10. The lowest BCUT2D eigenvalue weighted by atomic mass is 10.2. The van der Waals surface area contributed by atoms with Gasteiger partial charge >= 0.3 is 0 Å². The third-order valence-electron chi connectivity index (χ3n) is 2.85. The lowest BCUT2D eigenvalue weighted by molar-refractivity contribution is -0.123. The second-order valence-electron chi connectivity index (χ2n) is 5.01. The van der Waals surface area contributed by atoms with Crippen LogP contribution >= 0.6 is 0 Å². The summed E-state index contributed by atoms with van der Waals surface area (Å²) in [4.78, 5) is 15.9. The molecule has 2 aromatic rings. The molecule has 2 aromatic heterocycles. The molecule has 20 heavy (non-hydrogen) atoms. The van der Waals surface area contributed by atoms with Crippen LogP contribution in [0.25, 0.3) is 5.65 Å². The number of imidazole rings is 1. The first kappa shape index (κ1) is 14.3. The van der Waals surface area contributed by atoms with E-state index in [1.54, 1.807) is 12.3 Å². The number of ether oxygens (including phenoxy) is 1. The van der Waals surface area contributed by atoms with Crippen LogP contribution in [-0.2, 0) is 11.3 Å². The highest BCUT2D eigenvalue weighted by atomic mass is 16.5. The van der Waals surface area contributed by atoms with Gasteiger partial charge in [0.2, 0.25) is 0 Å². The molecule has 0 saturated heterocycles. The molecule has 1 amide bonds. The number of carbonyl (C=O) groups excluding carboxylic acids is 1. The molecule has 0 saturated carbocycles. The summed E-state index contributed by atoms with van der Waals surface area (Å²) in [6.45, 7) is 5.12. The highest BCUT2D eigenvalue weighted by Crippen LogP contribution is 2.19. The van der Waals surface area contributed by atoms with Gasteiger partial charge in [-0.15, -0.1) is 0 Å². The maximum Gasteiger partial charge on any atom is 0.257 e. The number of carbonyl (C=O) groups is 1. The molecular formula is C14H20N4O2. The summed E-state index contributed by atoms with van der Waals surface area (Å²) < 4.78 is 7.40. The molecule has 0 aliphatic heterocycles. The number of fused-ring (bicyclic) bond motifs is 1. The molecule has 6 nitrogen and oxygen atoms in total. The zero-order chi connectivity index (χ0) is 14.5. The number of hydrogen-bond donors (Lipinski definition) is 2. The summed E-state index contributed by atoms with van der Waals surface area (Å²) in [6, 6.07) is 3.63. The molecule has 0 aliphatic rings. The van der Waals surface area contributed by atoms with Crippen LogP contribution in [0, 0.1) is 5.92 Å². The maximum absolute atomic E-state index is 11.6. The third-order valence-corrected chi connectivity index (χ3v) is 2.85. The van der Waals surface area contributed by atoms with E-state index in [4.69, 9.17) is 10.5 Å². The van der Waals surface area contributed by atoms with Gasteiger partial charge in [0.05, 0.1) is 11.9 Å². The fourth-order valence-electron chi connectivity index (χ4n) is 1.81. The molecule has 0 aromatic carbocycles. The van der Waals surface area contributed by atoms with E-state index >= 15 is 0 Å². The van der Waals surface area contributed by atoms with Crippen LogP contribution in [0.5, 0.6) is 5.75 Å². The number of aromatic nitrogens is 2. The summed E-state index contributed by atoms with van der Waals surface area (Å²) in [6.07, 6.45) is 3.58. The first-order chi connectivity index (χ1) is 9.61. The van der Waals surface area contributed by atoms with Gasteiger partial charge in [0.15, 0.2) is 18.0 Å². The Morgan fingerprint density at radius 2 is 2.35 bits per heavy atom. The number of pyridine rings is 1. The van der Waals surface area contributed by atoms with Crippen molar-refractivity contribution in [1.29, 1.82) is 0 Å². The minimum atomic E-state index is -0.133. The van der Waals surface area contributed by atoms with E-state index in [0.717, 1.165) is 5.69 Å². The molecule has 0 spiro atoms. The molecule has 0 fully saturated rings. The number of nitrogens with zero attached hydrogens (tertiary/aromatic N) is 2. The van der Waals surface area contributed by atoms with Crippen molar-refractivity contribution in [2.75, 3.05) is 13.2 Å². The standard InChI is InChI=1S/C14H20N4O2/c1-10(2)7-16-13(19)9-20-12-4-3-5-18-11(6-15)8-17-14(12)18/h3-5,8,10H,6-7,9,15H2,1-2H3,(H,16,19). The fourth-order valence-corrected chi connectivity index (χ4v) is 1.81. The SMILES string of the molecule is CC(C)CNC(=O)COc1cccn2c(CN)cnc12. The molecular weight excluding hydrogens is 256 g/mol. The predicted molar refractivity (Wildman–Crippen MR) is 76.4 cm³/mol. The monoisotopic (exact) mass is 276 g/mol. The summed E-state index contributed by atoms with van der Waals surface area (Å²) in [5.74, 6) is 0.861. The Hall–Kier alpha value is -2.08. The van der Waals surface area contributed by atoms with Gasteiger partial charge in [-0.3, -0.25) is 9.20 Å². The average molecular weight is 276 g/mol. The largest absolute Gasteiger partial charge is 0.480 e. The topological polar surface area (TPSA) is 81.6 Å². The number of nitrogens with one attached hydrogen (secondary N) is 1. The molecule has 0 radical (unpaired) electrons. The average Bonchev–Trinajstić information content (AvgIpc) is 2.86. The fraction of sp³-hybridized carbons (Fsp3) is 0.429. The molecule has 2 rings (SSSR count). The van der Waals surface area contributed by atoms with Gasteiger partial charge in [-0.1, -0.05) is 13.8 Å². The summed E-state index contributed by atoms with van der Waals surface area (Å²) in [5.41, 5.74) is 7.20. The van der Waals surface area contributed by atoms with Crippen molar-refractivity contribution >= 4 is 11.6 Å². The number of hydrogen-bond acceptors (Lipinski definition) is 4. The van der Waals surface area contributed by atoms with Gasteiger partial charge in [0.1, 0.15) is 0 Å². The van der Waals surface area contributed by atoms with Gasteiger partial charge in [-0.05, 0) is 18.1 Å². The molecule has 108 valence electrons. The quantitative estimate of drug-likeness (QED) is 0.823. The van der Waals surface area contributed by atoms with E-state index in [0.29, 0.717) is 30.4 Å². The van der Waals surface area contributed by atoms with E-state index in [9.17, 15) is 4.79 Å². The van der Waals surface area contributed by atoms with Crippen molar-refractivity contribution in [1.82, 2.24) is 14.7 Å². The Morgan fingerprint density at radius 1 is 1.55 bits per heavy atom. The smallest absolute Gasteiger partial charge is 0.257 e. The first-order valence-corrected chi connectivity index (χ1v) is 6.66. The van der Waals surface area contributed by atoms with Crippen molar-refractivity contribution in [3.8, 4) is 5.75 Å². The summed E-state index contributed by atoms with van der Waals surface area (Å²) in [5, 5.41) is 2.81. The van der Waals surface area contributed by atoms with Crippen molar-refractivity contribution < 1.29 is 9.53 Å².